The van der Waals surface area contributed by atoms with Gasteiger partial charge in [0.25, 0.3) is 11.2 Å². The van der Waals surface area contributed by atoms with Crippen LogP contribution in [0.25, 0.3) is 0 Å². The number of carbonyl (C=O) groups excluding carboxylic acids is 1. The van der Waals surface area contributed by atoms with E-state index in [4.69, 9.17) is 0 Å². The highest BCUT2D eigenvalue weighted by atomic mass is 79.9. The molecule has 0 aliphatic heterocycles. The first-order chi connectivity index (χ1) is 8.85. The van der Waals surface area contributed by atoms with Crippen molar-refractivity contribution in [1.29, 1.82) is 0 Å². The molecule has 0 heterocycles. The topological polar surface area (TPSA) is 20.3 Å². The minimum Gasteiger partial charge on any atom is -0.303 e. The van der Waals surface area contributed by atoms with Crippen LogP contribution in [0.4, 0.5) is 19.3 Å². The maximum Gasteiger partial charge on any atom is 0.285 e. The number of thioether (sulfide) groups is 1. The van der Waals surface area contributed by atoms with Gasteiger partial charge < -0.3 is 4.90 Å². The van der Waals surface area contributed by atoms with Crippen molar-refractivity contribution >= 4 is 38.6 Å². The fourth-order valence-electron chi connectivity index (χ4n) is 1.83. The van der Waals surface area contributed by atoms with Gasteiger partial charge in [-0.25, -0.2) is 8.78 Å². The molecule has 2 rings (SSSR count). The van der Waals surface area contributed by atoms with Crippen LogP contribution >= 0.6 is 27.7 Å². The standard InChI is InChI=1S/C13H14BrF2NOS/c1-8-3-4-10(5-11(8)14)17(12(18)19-2)7-9-6-13(9,15)16/h3-5,9H,6-7H2,1-2H3. The van der Waals surface area contributed by atoms with Crippen LogP contribution in [0, 0.1) is 12.8 Å². The smallest absolute Gasteiger partial charge is 0.285 e. The average Bonchev–Trinajstić information content (AvgIpc) is 2.96. The van der Waals surface area contributed by atoms with Gasteiger partial charge in [-0.2, -0.15) is 0 Å². The summed E-state index contributed by atoms with van der Waals surface area (Å²) in [5.74, 6) is -3.33. The second kappa shape index (κ2) is 5.40. The lowest BCUT2D eigenvalue weighted by Gasteiger charge is -2.22. The molecule has 104 valence electrons. The molecule has 6 heteroatoms. The number of nitrogens with zero attached hydrogens (tertiary/aromatic N) is 1. The summed E-state index contributed by atoms with van der Waals surface area (Å²) in [4.78, 5) is 13.3. The molecule has 1 unspecified atom stereocenters. The van der Waals surface area contributed by atoms with E-state index in [0.29, 0.717) is 5.69 Å². The van der Waals surface area contributed by atoms with Gasteiger partial charge in [-0.1, -0.05) is 33.8 Å². The molecule has 1 aromatic carbocycles. The number of rotatable bonds is 3. The van der Waals surface area contributed by atoms with Crippen LogP contribution in [0.15, 0.2) is 22.7 Å². The molecule has 1 fully saturated rings. The number of benzene rings is 1. The first-order valence-electron chi connectivity index (χ1n) is 5.84. The van der Waals surface area contributed by atoms with Gasteiger partial charge >= 0.3 is 0 Å². The highest BCUT2D eigenvalue weighted by molar-refractivity contribution is 9.10. The summed E-state index contributed by atoms with van der Waals surface area (Å²) < 4.78 is 26.9. The average molecular weight is 350 g/mol. The first kappa shape index (κ1) is 14.8. The largest absolute Gasteiger partial charge is 0.303 e. The van der Waals surface area contributed by atoms with E-state index in [0.717, 1.165) is 21.8 Å². The van der Waals surface area contributed by atoms with Crippen LogP contribution in [0.3, 0.4) is 0 Å². The van der Waals surface area contributed by atoms with E-state index in [1.807, 2.05) is 13.0 Å². The van der Waals surface area contributed by atoms with Gasteiger partial charge in [0.05, 0.1) is 0 Å². The Bertz CT molecular complexity index is 509. The van der Waals surface area contributed by atoms with E-state index in [9.17, 15) is 13.6 Å². The van der Waals surface area contributed by atoms with Crippen molar-refractivity contribution in [3.05, 3.63) is 28.2 Å². The summed E-state index contributed by atoms with van der Waals surface area (Å²) in [7, 11) is 0. The third-order valence-electron chi connectivity index (χ3n) is 3.22. The van der Waals surface area contributed by atoms with E-state index < -0.39 is 11.8 Å². The van der Waals surface area contributed by atoms with Crippen molar-refractivity contribution < 1.29 is 13.6 Å². The minimum atomic E-state index is -2.61. The van der Waals surface area contributed by atoms with Gasteiger partial charge in [-0.15, -0.1) is 0 Å². The summed E-state index contributed by atoms with van der Waals surface area (Å²) in [6.07, 6.45) is 1.53. The lowest BCUT2D eigenvalue weighted by atomic mass is 10.2. The van der Waals surface area contributed by atoms with Crippen LogP contribution in [0.5, 0.6) is 0 Å². The number of anilines is 1. The molecule has 0 N–H and O–H groups in total. The predicted molar refractivity (Wildman–Crippen MR) is 78.2 cm³/mol. The van der Waals surface area contributed by atoms with Gasteiger partial charge in [0.15, 0.2) is 0 Å². The lowest BCUT2D eigenvalue weighted by Crippen LogP contribution is -2.30. The molecule has 1 saturated carbocycles. The SMILES string of the molecule is CSC(=O)N(CC1CC1(F)F)c1ccc(C)c(Br)c1. The van der Waals surface area contributed by atoms with Crippen LogP contribution in [0.2, 0.25) is 0 Å². The zero-order valence-electron chi connectivity index (χ0n) is 10.6. The molecular formula is C13H14BrF2NOS. The summed E-state index contributed by atoms with van der Waals surface area (Å²) in [6.45, 7) is 2.01. The van der Waals surface area contributed by atoms with E-state index in [2.05, 4.69) is 15.9 Å². The lowest BCUT2D eigenvalue weighted by molar-refractivity contribution is 0.100. The fraction of sp³-hybridized carbons (Fsp3) is 0.462. The Hall–Kier alpha value is -0.620. The highest BCUT2D eigenvalue weighted by Gasteiger charge is 2.57. The molecule has 0 spiro atoms. The molecular weight excluding hydrogens is 336 g/mol. The number of aryl methyl sites for hydroxylation is 1. The zero-order valence-corrected chi connectivity index (χ0v) is 13.0. The van der Waals surface area contributed by atoms with E-state index in [1.54, 1.807) is 18.4 Å². The molecule has 0 bridgehead atoms. The molecule has 1 atom stereocenters. The molecule has 0 radical (unpaired) electrons. The number of carbonyl (C=O) groups is 1. The van der Waals surface area contributed by atoms with Gasteiger partial charge in [-0.3, -0.25) is 4.79 Å². The van der Waals surface area contributed by atoms with Gasteiger partial charge in [0, 0.05) is 29.0 Å². The van der Waals surface area contributed by atoms with Gasteiger partial charge in [-0.05, 0) is 30.9 Å². The number of amides is 1. The zero-order chi connectivity index (χ0) is 14.2. The summed E-state index contributed by atoms with van der Waals surface area (Å²) in [6, 6.07) is 5.45. The molecule has 0 aromatic heterocycles. The third kappa shape index (κ3) is 3.28. The monoisotopic (exact) mass is 349 g/mol. The summed E-state index contributed by atoms with van der Waals surface area (Å²) in [5.41, 5.74) is 1.69. The first-order valence-corrected chi connectivity index (χ1v) is 7.86. The Morgan fingerprint density at radius 1 is 1.58 bits per heavy atom. The van der Waals surface area contributed by atoms with Gasteiger partial charge in [0.1, 0.15) is 0 Å². The van der Waals surface area contributed by atoms with Crippen molar-refractivity contribution in [1.82, 2.24) is 0 Å². The fourth-order valence-corrected chi connectivity index (χ4v) is 2.60. The molecule has 1 aliphatic rings. The molecule has 1 amide bonds. The van der Waals surface area contributed by atoms with Crippen LogP contribution in [0.1, 0.15) is 12.0 Å². The predicted octanol–water partition coefficient (Wildman–Crippen LogP) is 4.70. The van der Waals surface area contributed by atoms with Crippen LogP contribution in [-0.4, -0.2) is 24.0 Å². The minimum absolute atomic E-state index is 0.0716. The maximum atomic E-state index is 13.0. The quantitative estimate of drug-likeness (QED) is 0.787. The normalized spacial score (nSPS) is 20.2. The van der Waals surface area contributed by atoms with Crippen molar-refractivity contribution in [3.8, 4) is 0 Å². The Morgan fingerprint density at radius 3 is 2.68 bits per heavy atom. The molecule has 1 aliphatic carbocycles. The highest BCUT2D eigenvalue weighted by Crippen LogP contribution is 2.49. The second-order valence-corrected chi connectivity index (χ2v) is 6.29. The van der Waals surface area contributed by atoms with Crippen LogP contribution < -0.4 is 4.90 Å². The second-order valence-electron chi connectivity index (χ2n) is 4.68. The van der Waals surface area contributed by atoms with Crippen molar-refractivity contribution in [2.24, 2.45) is 5.92 Å². The van der Waals surface area contributed by atoms with Crippen LogP contribution in [-0.2, 0) is 0 Å². The number of hydrogen-bond donors (Lipinski definition) is 0. The van der Waals surface area contributed by atoms with E-state index in [-0.39, 0.29) is 18.2 Å². The third-order valence-corrected chi connectivity index (χ3v) is 4.64. The Balaban J connectivity index is 2.22. The summed E-state index contributed by atoms with van der Waals surface area (Å²) in [5, 5.41) is -0.210. The van der Waals surface area contributed by atoms with E-state index >= 15 is 0 Å². The van der Waals surface area contributed by atoms with Gasteiger partial charge in [0.2, 0.25) is 0 Å². The maximum absolute atomic E-state index is 13.0. The Morgan fingerprint density at radius 2 is 2.21 bits per heavy atom. The van der Waals surface area contributed by atoms with Crippen molar-refractivity contribution in [2.45, 2.75) is 19.3 Å². The van der Waals surface area contributed by atoms with Crippen molar-refractivity contribution in [3.63, 3.8) is 0 Å². The Kier molecular flexibility index (Phi) is 4.20. The molecule has 2 nitrogen and oxygen atoms in total. The number of hydrogen-bond acceptors (Lipinski definition) is 2. The molecule has 0 saturated heterocycles. The molecule has 19 heavy (non-hydrogen) atoms. The molecule has 1 aromatic rings. The Labute approximate surface area is 123 Å². The van der Waals surface area contributed by atoms with Crippen molar-refractivity contribution in [2.75, 3.05) is 17.7 Å². The van der Waals surface area contributed by atoms with E-state index in [1.165, 1.54) is 4.90 Å². The number of alkyl halides is 2. The number of halogens is 3. The summed E-state index contributed by atoms with van der Waals surface area (Å²) >= 11 is 4.43.